The number of hydrogen-bond donors (Lipinski definition) is 2. The number of anilines is 1. The van der Waals surface area contributed by atoms with Crippen molar-refractivity contribution >= 4 is 28.8 Å². The zero-order valence-electron chi connectivity index (χ0n) is 16.7. The zero-order chi connectivity index (χ0) is 20.8. The van der Waals surface area contributed by atoms with Crippen molar-refractivity contribution in [3.63, 3.8) is 0 Å². The maximum atomic E-state index is 12.5. The molecule has 0 aliphatic rings. The number of rotatable bonds is 7. The standard InChI is InChI=1S/C22H24N4O2S/c1-14(2)13-19-25-26-22(29-19)21(28)24-18-11-9-17(10-12-18)20(27)23-15(3)16-7-5-4-6-8-16/h4-12,14-15H,13H2,1-3H3,(H,23,27)(H,24,28)/t15-/m1/s1. The fourth-order valence-corrected chi connectivity index (χ4v) is 3.72. The molecule has 0 bridgehead atoms. The molecule has 2 aromatic carbocycles. The third kappa shape index (κ3) is 5.71. The number of carbonyl (C=O) groups excluding carboxylic acids is 2. The lowest BCUT2D eigenvalue weighted by molar-refractivity contribution is 0.0939. The van der Waals surface area contributed by atoms with E-state index in [1.165, 1.54) is 11.3 Å². The summed E-state index contributed by atoms with van der Waals surface area (Å²) in [6.45, 7) is 6.14. The van der Waals surface area contributed by atoms with Gasteiger partial charge < -0.3 is 10.6 Å². The Hall–Kier alpha value is -3.06. The monoisotopic (exact) mass is 408 g/mol. The Bertz CT molecular complexity index is 968. The molecular weight excluding hydrogens is 384 g/mol. The lowest BCUT2D eigenvalue weighted by atomic mass is 10.1. The summed E-state index contributed by atoms with van der Waals surface area (Å²) in [5.41, 5.74) is 2.17. The summed E-state index contributed by atoms with van der Waals surface area (Å²) >= 11 is 1.30. The Morgan fingerprint density at radius 3 is 2.28 bits per heavy atom. The van der Waals surface area contributed by atoms with Gasteiger partial charge in [-0.05, 0) is 42.7 Å². The van der Waals surface area contributed by atoms with Gasteiger partial charge in [0, 0.05) is 17.7 Å². The Balaban J connectivity index is 1.58. The van der Waals surface area contributed by atoms with Crippen molar-refractivity contribution in [1.82, 2.24) is 15.5 Å². The molecule has 0 unspecified atom stereocenters. The molecule has 150 valence electrons. The molecule has 0 fully saturated rings. The van der Waals surface area contributed by atoms with Crippen LogP contribution in [0.25, 0.3) is 0 Å². The lowest BCUT2D eigenvalue weighted by Crippen LogP contribution is -2.26. The smallest absolute Gasteiger partial charge is 0.286 e. The molecule has 0 aliphatic carbocycles. The molecule has 3 rings (SSSR count). The van der Waals surface area contributed by atoms with Crippen LogP contribution in [0.1, 0.15) is 57.5 Å². The van der Waals surface area contributed by atoms with Crippen LogP contribution in [0.15, 0.2) is 54.6 Å². The summed E-state index contributed by atoms with van der Waals surface area (Å²) in [6, 6.07) is 16.5. The number of hydrogen-bond acceptors (Lipinski definition) is 5. The van der Waals surface area contributed by atoms with Gasteiger partial charge in [-0.2, -0.15) is 0 Å². The first-order valence-corrected chi connectivity index (χ1v) is 10.3. The summed E-state index contributed by atoms with van der Waals surface area (Å²) in [5.74, 6) is -0.00347. The molecule has 1 atom stereocenters. The van der Waals surface area contributed by atoms with E-state index in [9.17, 15) is 9.59 Å². The number of carbonyl (C=O) groups is 2. The first-order valence-electron chi connectivity index (χ1n) is 9.52. The molecule has 6 nitrogen and oxygen atoms in total. The highest BCUT2D eigenvalue weighted by Gasteiger charge is 2.15. The highest BCUT2D eigenvalue weighted by Crippen LogP contribution is 2.17. The maximum absolute atomic E-state index is 12.5. The molecule has 2 amide bonds. The number of benzene rings is 2. The van der Waals surface area contributed by atoms with Crippen LogP contribution < -0.4 is 10.6 Å². The Labute approximate surface area is 174 Å². The van der Waals surface area contributed by atoms with E-state index in [1.807, 2.05) is 37.3 Å². The van der Waals surface area contributed by atoms with Crippen molar-refractivity contribution in [3.05, 3.63) is 75.7 Å². The molecule has 7 heteroatoms. The Morgan fingerprint density at radius 1 is 0.931 bits per heavy atom. The molecule has 0 saturated carbocycles. The number of amides is 2. The first-order chi connectivity index (χ1) is 13.9. The highest BCUT2D eigenvalue weighted by molar-refractivity contribution is 7.13. The molecule has 0 saturated heterocycles. The van der Waals surface area contributed by atoms with Gasteiger partial charge >= 0.3 is 0 Å². The minimum absolute atomic E-state index is 0.0967. The van der Waals surface area contributed by atoms with Crippen LogP contribution in [0.3, 0.4) is 0 Å². The van der Waals surface area contributed by atoms with E-state index in [-0.39, 0.29) is 17.9 Å². The predicted octanol–water partition coefficient (Wildman–Crippen LogP) is 4.48. The number of nitrogens with zero attached hydrogens (tertiary/aromatic N) is 2. The average molecular weight is 409 g/mol. The molecule has 29 heavy (non-hydrogen) atoms. The van der Waals surface area contributed by atoms with E-state index in [4.69, 9.17) is 0 Å². The summed E-state index contributed by atoms with van der Waals surface area (Å²) in [4.78, 5) is 24.8. The van der Waals surface area contributed by atoms with Crippen LogP contribution in [0, 0.1) is 5.92 Å². The first kappa shape index (κ1) is 20.7. The van der Waals surface area contributed by atoms with Crippen LogP contribution in [0.4, 0.5) is 5.69 Å². The predicted molar refractivity (Wildman–Crippen MR) is 115 cm³/mol. The second-order valence-electron chi connectivity index (χ2n) is 7.24. The third-order valence-corrected chi connectivity index (χ3v) is 5.24. The SMILES string of the molecule is CC(C)Cc1nnc(C(=O)Nc2ccc(C(=O)N[C@H](C)c3ccccc3)cc2)s1. The number of nitrogens with one attached hydrogen (secondary N) is 2. The van der Waals surface area contributed by atoms with Crippen LogP contribution in [-0.2, 0) is 6.42 Å². The molecule has 1 aromatic heterocycles. The molecule has 0 radical (unpaired) electrons. The molecule has 0 spiro atoms. The molecular formula is C22H24N4O2S. The van der Waals surface area contributed by atoms with Crippen LogP contribution in [0.2, 0.25) is 0 Å². The average Bonchev–Trinajstić information content (AvgIpc) is 3.17. The van der Waals surface area contributed by atoms with E-state index in [1.54, 1.807) is 24.3 Å². The fourth-order valence-electron chi connectivity index (χ4n) is 2.77. The largest absolute Gasteiger partial charge is 0.346 e. The van der Waals surface area contributed by atoms with Crippen LogP contribution in [-0.4, -0.2) is 22.0 Å². The van der Waals surface area contributed by atoms with Crippen molar-refractivity contribution in [2.24, 2.45) is 5.92 Å². The summed E-state index contributed by atoms with van der Waals surface area (Å²) in [7, 11) is 0. The normalized spacial score (nSPS) is 11.9. The van der Waals surface area contributed by atoms with E-state index in [0.717, 1.165) is 17.0 Å². The van der Waals surface area contributed by atoms with E-state index in [0.29, 0.717) is 22.2 Å². The zero-order valence-corrected chi connectivity index (χ0v) is 17.5. The fraction of sp³-hybridized carbons (Fsp3) is 0.273. The van der Waals surface area contributed by atoms with Gasteiger partial charge in [0.15, 0.2) is 0 Å². The van der Waals surface area contributed by atoms with Crippen molar-refractivity contribution in [2.75, 3.05) is 5.32 Å². The second kappa shape index (κ2) is 9.43. The van der Waals surface area contributed by atoms with Crippen molar-refractivity contribution in [1.29, 1.82) is 0 Å². The van der Waals surface area contributed by atoms with Gasteiger partial charge in [0.25, 0.3) is 11.8 Å². The summed E-state index contributed by atoms with van der Waals surface area (Å²) < 4.78 is 0. The van der Waals surface area contributed by atoms with Gasteiger partial charge in [0.1, 0.15) is 5.01 Å². The van der Waals surface area contributed by atoms with Gasteiger partial charge in [0.2, 0.25) is 5.01 Å². The topological polar surface area (TPSA) is 84.0 Å². The van der Waals surface area contributed by atoms with Crippen molar-refractivity contribution < 1.29 is 9.59 Å². The molecule has 2 N–H and O–H groups in total. The van der Waals surface area contributed by atoms with E-state index < -0.39 is 0 Å². The number of aromatic nitrogens is 2. The van der Waals surface area contributed by atoms with Crippen molar-refractivity contribution in [2.45, 2.75) is 33.2 Å². The van der Waals surface area contributed by atoms with Crippen molar-refractivity contribution in [3.8, 4) is 0 Å². The molecule has 1 heterocycles. The van der Waals surface area contributed by atoms with Gasteiger partial charge in [-0.25, -0.2) is 0 Å². The van der Waals surface area contributed by atoms with Gasteiger partial charge in [-0.1, -0.05) is 55.5 Å². The summed E-state index contributed by atoms with van der Waals surface area (Å²) in [5, 5.41) is 15.0. The van der Waals surface area contributed by atoms with Gasteiger partial charge in [-0.3, -0.25) is 9.59 Å². The molecule has 0 aliphatic heterocycles. The summed E-state index contributed by atoms with van der Waals surface area (Å²) in [6.07, 6.45) is 0.802. The van der Waals surface area contributed by atoms with Gasteiger partial charge in [-0.15, -0.1) is 10.2 Å². The quantitative estimate of drug-likeness (QED) is 0.604. The van der Waals surface area contributed by atoms with Gasteiger partial charge in [0.05, 0.1) is 6.04 Å². The van der Waals surface area contributed by atoms with E-state index >= 15 is 0 Å². The van der Waals surface area contributed by atoms with E-state index in [2.05, 4.69) is 34.7 Å². The minimum Gasteiger partial charge on any atom is -0.346 e. The molecule has 3 aromatic rings. The third-order valence-electron chi connectivity index (χ3n) is 4.30. The highest BCUT2D eigenvalue weighted by atomic mass is 32.1. The maximum Gasteiger partial charge on any atom is 0.286 e. The Morgan fingerprint density at radius 2 is 1.62 bits per heavy atom. The van der Waals surface area contributed by atoms with Crippen LogP contribution >= 0.6 is 11.3 Å². The van der Waals surface area contributed by atoms with Crippen LogP contribution in [0.5, 0.6) is 0 Å². The minimum atomic E-state index is -0.299. The Kier molecular flexibility index (Phi) is 6.72. The second-order valence-corrected chi connectivity index (χ2v) is 8.30. The lowest BCUT2D eigenvalue weighted by Gasteiger charge is -2.14.